The summed E-state index contributed by atoms with van der Waals surface area (Å²) in [7, 11) is 2.21. The predicted octanol–water partition coefficient (Wildman–Crippen LogP) is 2.64. The molecule has 2 N–H and O–H groups in total. The number of aryl methyl sites for hydroxylation is 1. The Kier molecular flexibility index (Phi) is 3.49. The fourth-order valence-corrected chi connectivity index (χ4v) is 2.65. The van der Waals surface area contributed by atoms with Gasteiger partial charge < -0.3 is 10.6 Å². The highest BCUT2D eigenvalue weighted by Crippen LogP contribution is 2.31. The molecule has 0 unspecified atom stereocenters. The lowest BCUT2D eigenvalue weighted by Gasteiger charge is -2.30. The Morgan fingerprint density at radius 3 is 2.62 bits per heavy atom. The second kappa shape index (κ2) is 4.88. The number of nitrogens with zero attached hydrogens (tertiary/aromatic N) is 1. The summed E-state index contributed by atoms with van der Waals surface area (Å²) in [6, 6.07) is 6.44. The quantitative estimate of drug-likeness (QED) is 0.773. The maximum Gasteiger partial charge on any atom is 0.0316 e. The molecular formula is C14H22N2. The van der Waals surface area contributed by atoms with Crippen LogP contribution in [0.4, 0.5) is 5.69 Å². The third-order valence-electron chi connectivity index (χ3n) is 3.71. The molecule has 0 bridgehead atoms. The van der Waals surface area contributed by atoms with Crippen LogP contribution in [-0.4, -0.2) is 25.0 Å². The van der Waals surface area contributed by atoms with E-state index in [0.717, 1.165) is 18.0 Å². The predicted molar refractivity (Wildman–Crippen MR) is 69.7 cm³/mol. The van der Waals surface area contributed by atoms with Crippen molar-refractivity contribution in [1.29, 1.82) is 0 Å². The first-order valence-electron chi connectivity index (χ1n) is 6.27. The van der Waals surface area contributed by atoms with Crippen LogP contribution in [0.5, 0.6) is 0 Å². The number of anilines is 1. The van der Waals surface area contributed by atoms with Crippen molar-refractivity contribution in [3.63, 3.8) is 0 Å². The van der Waals surface area contributed by atoms with E-state index in [1.54, 1.807) is 0 Å². The molecule has 1 aromatic rings. The van der Waals surface area contributed by atoms with Crippen molar-refractivity contribution >= 4 is 5.69 Å². The Labute approximate surface area is 98.4 Å². The highest BCUT2D eigenvalue weighted by molar-refractivity contribution is 5.46. The summed E-state index contributed by atoms with van der Waals surface area (Å²) >= 11 is 0. The number of nitrogens with two attached hydrogens (primary N) is 1. The number of hydrogen-bond acceptors (Lipinski definition) is 2. The second-order valence-electron chi connectivity index (χ2n) is 4.89. The van der Waals surface area contributed by atoms with Gasteiger partial charge in [0.2, 0.25) is 0 Å². The molecule has 0 saturated carbocycles. The van der Waals surface area contributed by atoms with Gasteiger partial charge in [0.1, 0.15) is 0 Å². The van der Waals surface area contributed by atoms with Gasteiger partial charge in [-0.3, -0.25) is 0 Å². The number of hydrogen-bond donors (Lipinski definition) is 1. The molecular weight excluding hydrogens is 196 g/mol. The molecule has 0 aromatic heterocycles. The first kappa shape index (κ1) is 11.5. The van der Waals surface area contributed by atoms with E-state index in [1.807, 2.05) is 6.07 Å². The van der Waals surface area contributed by atoms with Crippen molar-refractivity contribution in [2.45, 2.75) is 32.1 Å². The van der Waals surface area contributed by atoms with Crippen LogP contribution in [0.3, 0.4) is 0 Å². The SMILES string of the molecule is CCc1cc(N)ccc1C1CCN(C)CC1. The fraction of sp³-hybridized carbons (Fsp3) is 0.571. The van der Waals surface area contributed by atoms with E-state index < -0.39 is 0 Å². The molecule has 2 nitrogen and oxygen atoms in total. The number of nitrogen functional groups attached to an aromatic ring is 1. The largest absolute Gasteiger partial charge is 0.399 e. The van der Waals surface area contributed by atoms with Crippen molar-refractivity contribution in [2.24, 2.45) is 0 Å². The average Bonchev–Trinajstić information content (AvgIpc) is 2.30. The highest BCUT2D eigenvalue weighted by atomic mass is 15.1. The van der Waals surface area contributed by atoms with Gasteiger partial charge >= 0.3 is 0 Å². The molecule has 2 heteroatoms. The molecule has 0 amide bonds. The first-order valence-corrected chi connectivity index (χ1v) is 6.27. The lowest BCUT2D eigenvalue weighted by molar-refractivity contribution is 0.255. The topological polar surface area (TPSA) is 29.3 Å². The van der Waals surface area contributed by atoms with Gasteiger partial charge in [0.05, 0.1) is 0 Å². The molecule has 0 atom stereocenters. The lowest BCUT2D eigenvalue weighted by Crippen LogP contribution is -2.29. The summed E-state index contributed by atoms with van der Waals surface area (Å²) in [5, 5.41) is 0. The van der Waals surface area contributed by atoms with Crippen molar-refractivity contribution in [3.05, 3.63) is 29.3 Å². The Bertz CT molecular complexity index is 352. The Morgan fingerprint density at radius 1 is 1.31 bits per heavy atom. The van der Waals surface area contributed by atoms with Gasteiger partial charge in [0.15, 0.2) is 0 Å². The molecule has 88 valence electrons. The zero-order valence-corrected chi connectivity index (χ0v) is 10.4. The van der Waals surface area contributed by atoms with E-state index >= 15 is 0 Å². The normalized spacial score (nSPS) is 18.9. The smallest absolute Gasteiger partial charge is 0.0316 e. The third kappa shape index (κ3) is 2.38. The van der Waals surface area contributed by atoms with Gasteiger partial charge in [-0.1, -0.05) is 13.0 Å². The Balaban J connectivity index is 2.19. The third-order valence-corrected chi connectivity index (χ3v) is 3.71. The van der Waals surface area contributed by atoms with E-state index in [4.69, 9.17) is 5.73 Å². The number of rotatable bonds is 2. The second-order valence-corrected chi connectivity index (χ2v) is 4.89. The van der Waals surface area contributed by atoms with Crippen LogP contribution < -0.4 is 5.73 Å². The molecule has 1 aliphatic heterocycles. The van der Waals surface area contributed by atoms with Gasteiger partial charge in [0, 0.05) is 5.69 Å². The van der Waals surface area contributed by atoms with Crippen LogP contribution in [0, 0.1) is 0 Å². The van der Waals surface area contributed by atoms with Crippen LogP contribution >= 0.6 is 0 Å². The zero-order chi connectivity index (χ0) is 11.5. The van der Waals surface area contributed by atoms with E-state index in [2.05, 4.69) is 31.0 Å². The van der Waals surface area contributed by atoms with Crippen molar-refractivity contribution in [3.8, 4) is 0 Å². The lowest BCUT2D eigenvalue weighted by atomic mass is 9.86. The molecule has 1 aromatic carbocycles. The summed E-state index contributed by atoms with van der Waals surface area (Å²) < 4.78 is 0. The minimum absolute atomic E-state index is 0.742. The molecule has 1 fully saturated rings. The molecule has 0 aliphatic carbocycles. The van der Waals surface area contributed by atoms with E-state index in [0.29, 0.717) is 0 Å². The minimum atomic E-state index is 0.742. The molecule has 0 radical (unpaired) electrons. The molecule has 1 aliphatic rings. The van der Waals surface area contributed by atoms with Crippen LogP contribution in [0.25, 0.3) is 0 Å². The van der Waals surface area contributed by atoms with Crippen LogP contribution in [0.1, 0.15) is 36.8 Å². The molecule has 1 saturated heterocycles. The van der Waals surface area contributed by atoms with Gasteiger partial charge in [-0.15, -0.1) is 0 Å². The maximum atomic E-state index is 5.85. The zero-order valence-electron chi connectivity index (χ0n) is 10.4. The van der Waals surface area contributed by atoms with Crippen LogP contribution in [0.15, 0.2) is 18.2 Å². The standard InChI is InChI=1S/C14H22N2/c1-3-11-10-13(15)4-5-14(11)12-6-8-16(2)9-7-12/h4-5,10,12H,3,6-9,15H2,1-2H3. The van der Waals surface area contributed by atoms with Crippen molar-refractivity contribution in [2.75, 3.05) is 25.9 Å². The Morgan fingerprint density at radius 2 is 2.00 bits per heavy atom. The van der Waals surface area contributed by atoms with Gasteiger partial charge in [-0.25, -0.2) is 0 Å². The fourth-order valence-electron chi connectivity index (χ4n) is 2.65. The molecule has 0 spiro atoms. The van der Waals surface area contributed by atoms with Crippen LogP contribution in [-0.2, 0) is 6.42 Å². The molecule has 2 rings (SSSR count). The van der Waals surface area contributed by atoms with Crippen LogP contribution in [0.2, 0.25) is 0 Å². The summed E-state index contributed by atoms with van der Waals surface area (Å²) in [5.74, 6) is 0.742. The monoisotopic (exact) mass is 218 g/mol. The van der Waals surface area contributed by atoms with E-state index in [1.165, 1.54) is 37.1 Å². The van der Waals surface area contributed by atoms with Gasteiger partial charge in [-0.05, 0) is 68.6 Å². The number of benzene rings is 1. The summed E-state index contributed by atoms with van der Waals surface area (Å²) in [4.78, 5) is 2.42. The van der Waals surface area contributed by atoms with Crippen molar-refractivity contribution in [1.82, 2.24) is 4.90 Å². The van der Waals surface area contributed by atoms with Crippen molar-refractivity contribution < 1.29 is 0 Å². The average molecular weight is 218 g/mol. The van der Waals surface area contributed by atoms with Gasteiger partial charge in [-0.2, -0.15) is 0 Å². The maximum absolute atomic E-state index is 5.85. The summed E-state index contributed by atoms with van der Waals surface area (Å²) in [6.07, 6.45) is 3.66. The molecule has 16 heavy (non-hydrogen) atoms. The van der Waals surface area contributed by atoms with E-state index in [9.17, 15) is 0 Å². The highest BCUT2D eigenvalue weighted by Gasteiger charge is 2.20. The Hall–Kier alpha value is -1.02. The first-order chi connectivity index (χ1) is 7.70. The number of piperidine rings is 1. The van der Waals surface area contributed by atoms with Gasteiger partial charge in [0.25, 0.3) is 0 Å². The summed E-state index contributed by atoms with van der Waals surface area (Å²) in [5.41, 5.74) is 9.71. The van der Waals surface area contributed by atoms with E-state index in [-0.39, 0.29) is 0 Å². The summed E-state index contributed by atoms with van der Waals surface area (Å²) in [6.45, 7) is 4.66. The number of likely N-dealkylation sites (tertiary alicyclic amines) is 1. The minimum Gasteiger partial charge on any atom is -0.399 e. The molecule has 1 heterocycles.